The fraction of sp³-hybridized carbons (Fsp3) is 0.481. The van der Waals surface area contributed by atoms with Crippen molar-refractivity contribution in [3.05, 3.63) is 51.5 Å². The highest BCUT2D eigenvalue weighted by molar-refractivity contribution is 6.13. The number of allylic oxidation sites excluding steroid dienone is 1. The number of rotatable bonds is 3. The van der Waals surface area contributed by atoms with Gasteiger partial charge in [-0.1, -0.05) is 25.7 Å². The number of hydrogen-bond donors (Lipinski definition) is 5. The van der Waals surface area contributed by atoms with E-state index in [1.54, 1.807) is 25.1 Å². The Labute approximate surface area is 204 Å². The van der Waals surface area contributed by atoms with Gasteiger partial charge in [0.1, 0.15) is 22.9 Å². The molecule has 0 aliphatic heterocycles. The number of hydrogen-bond acceptors (Lipinski definition) is 7. The topological polar surface area (TPSA) is 144 Å². The van der Waals surface area contributed by atoms with E-state index in [9.17, 15) is 30.0 Å². The van der Waals surface area contributed by atoms with Crippen LogP contribution in [-0.4, -0.2) is 62.8 Å². The van der Waals surface area contributed by atoms with Gasteiger partial charge in [-0.2, -0.15) is 0 Å². The smallest absolute Gasteiger partial charge is 0.248 e. The van der Waals surface area contributed by atoms with Crippen molar-refractivity contribution in [1.29, 1.82) is 0 Å². The summed E-state index contributed by atoms with van der Waals surface area (Å²) >= 11 is 0. The standard InChI is InChI=1S/C27H32N2O6/c1-5-13(2)6-7-14-8-9-19(30)21-16(14)10-15-11-18-22(29(3)4)23(31)17(26(28)34)12-27(18,35)25(33)20(15)24(21)32/h8-9,13,15,18,22,30-31,33,35H,5,10-12H2,1-4H3,(H2,28,34). The summed E-state index contributed by atoms with van der Waals surface area (Å²) < 4.78 is 0. The number of likely N-dealkylation sites (N-methyl/N-ethyl adjacent to an activating group) is 1. The van der Waals surface area contributed by atoms with E-state index in [2.05, 4.69) is 11.8 Å². The van der Waals surface area contributed by atoms with E-state index < -0.39 is 47.3 Å². The molecule has 1 aromatic carbocycles. The van der Waals surface area contributed by atoms with Gasteiger partial charge in [-0.05, 0) is 57.0 Å². The predicted octanol–water partition coefficient (Wildman–Crippen LogP) is 2.34. The fourth-order valence-corrected chi connectivity index (χ4v) is 5.75. The van der Waals surface area contributed by atoms with Gasteiger partial charge in [0.2, 0.25) is 5.91 Å². The Kier molecular flexibility index (Phi) is 6.20. The van der Waals surface area contributed by atoms with Crippen LogP contribution in [0.3, 0.4) is 0 Å². The molecule has 0 spiro atoms. The van der Waals surface area contributed by atoms with E-state index >= 15 is 0 Å². The van der Waals surface area contributed by atoms with E-state index in [1.165, 1.54) is 6.07 Å². The monoisotopic (exact) mass is 480 g/mol. The van der Waals surface area contributed by atoms with Crippen molar-refractivity contribution >= 4 is 11.7 Å². The normalized spacial score (nSPS) is 28.6. The lowest BCUT2D eigenvalue weighted by Gasteiger charge is -2.51. The average molecular weight is 481 g/mol. The fourth-order valence-electron chi connectivity index (χ4n) is 5.75. The van der Waals surface area contributed by atoms with Crippen molar-refractivity contribution in [2.75, 3.05) is 14.1 Å². The molecule has 1 amide bonds. The number of nitrogens with two attached hydrogens (primary N) is 1. The Morgan fingerprint density at radius 1 is 1.29 bits per heavy atom. The number of nitrogens with zero attached hydrogens (tertiary/aromatic N) is 1. The predicted molar refractivity (Wildman–Crippen MR) is 130 cm³/mol. The van der Waals surface area contributed by atoms with Crippen LogP contribution in [0.5, 0.6) is 5.75 Å². The average Bonchev–Trinajstić information content (AvgIpc) is 2.79. The summed E-state index contributed by atoms with van der Waals surface area (Å²) in [5.41, 5.74) is 4.70. The maximum Gasteiger partial charge on any atom is 0.248 e. The van der Waals surface area contributed by atoms with E-state index in [4.69, 9.17) is 5.73 Å². The van der Waals surface area contributed by atoms with Crippen LogP contribution in [0.2, 0.25) is 0 Å². The van der Waals surface area contributed by atoms with Crippen LogP contribution in [0, 0.1) is 29.6 Å². The van der Waals surface area contributed by atoms with Crippen LogP contribution >= 0.6 is 0 Å². The van der Waals surface area contributed by atoms with Gasteiger partial charge in [-0.3, -0.25) is 14.5 Å². The number of carbonyl (C=O) groups is 2. The Morgan fingerprint density at radius 2 is 1.97 bits per heavy atom. The molecule has 0 saturated carbocycles. The lowest BCUT2D eigenvalue weighted by molar-refractivity contribution is -0.118. The third-order valence-corrected chi connectivity index (χ3v) is 7.77. The minimum atomic E-state index is -1.96. The van der Waals surface area contributed by atoms with Gasteiger partial charge in [0.05, 0.1) is 17.2 Å². The largest absolute Gasteiger partial charge is 0.510 e. The number of amides is 1. The van der Waals surface area contributed by atoms with Crippen LogP contribution in [0.15, 0.2) is 34.8 Å². The molecule has 0 fully saturated rings. The first kappa shape index (κ1) is 24.8. The highest BCUT2D eigenvalue weighted by atomic mass is 16.3. The van der Waals surface area contributed by atoms with Crippen LogP contribution in [-0.2, 0) is 11.2 Å². The first-order valence-electron chi connectivity index (χ1n) is 11.9. The summed E-state index contributed by atoms with van der Waals surface area (Å²) in [6.07, 6.45) is 1.08. The number of carbonyl (C=O) groups excluding carboxylic acids is 2. The van der Waals surface area contributed by atoms with Crippen molar-refractivity contribution in [3.8, 4) is 17.6 Å². The van der Waals surface area contributed by atoms with Crippen LogP contribution in [0.4, 0.5) is 0 Å². The molecule has 5 atom stereocenters. The molecule has 6 N–H and O–H groups in total. The highest BCUT2D eigenvalue weighted by Gasteiger charge is 2.58. The van der Waals surface area contributed by atoms with E-state index in [0.29, 0.717) is 17.5 Å². The third-order valence-electron chi connectivity index (χ3n) is 7.77. The molecule has 8 nitrogen and oxygen atoms in total. The number of phenols is 1. The molecule has 0 saturated heterocycles. The van der Waals surface area contributed by atoms with Crippen molar-refractivity contribution in [1.82, 2.24) is 4.90 Å². The van der Waals surface area contributed by atoms with Crippen molar-refractivity contribution in [2.45, 2.75) is 51.2 Å². The number of fused-ring (bicyclic) bond motifs is 3. The molecule has 3 aliphatic carbocycles. The van der Waals surface area contributed by atoms with Crippen molar-refractivity contribution in [2.24, 2.45) is 23.5 Å². The molecule has 3 aliphatic rings. The van der Waals surface area contributed by atoms with E-state index in [-0.39, 0.29) is 40.6 Å². The zero-order chi connectivity index (χ0) is 25.8. The molecule has 5 unspecified atom stereocenters. The van der Waals surface area contributed by atoms with Gasteiger partial charge in [-0.25, -0.2) is 0 Å². The second-order valence-electron chi connectivity index (χ2n) is 10.1. The van der Waals surface area contributed by atoms with Gasteiger partial charge >= 0.3 is 0 Å². The number of benzene rings is 1. The van der Waals surface area contributed by atoms with Crippen molar-refractivity contribution in [3.63, 3.8) is 0 Å². The Bertz CT molecular complexity index is 1230. The second kappa shape index (κ2) is 8.74. The number of Topliss-reactive ketones (excluding diaryl/α,β-unsaturated/α-hetero) is 1. The number of phenolic OH excluding ortho intramolecular Hbond substituents is 1. The van der Waals surface area contributed by atoms with Gasteiger partial charge in [-0.15, -0.1) is 0 Å². The number of aliphatic hydroxyl groups is 3. The summed E-state index contributed by atoms with van der Waals surface area (Å²) in [7, 11) is 3.40. The third kappa shape index (κ3) is 3.79. The molecule has 8 heteroatoms. The first-order chi connectivity index (χ1) is 16.4. The number of aromatic hydroxyl groups is 1. The summed E-state index contributed by atoms with van der Waals surface area (Å²) in [5.74, 6) is 2.90. The van der Waals surface area contributed by atoms with Crippen LogP contribution < -0.4 is 5.73 Å². The lowest BCUT2D eigenvalue weighted by Crippen LogP contribution is -2.59. The molecule has 1 aromatic rings. The zero-order valence-corrected chi connectivity index (χ0v) is 20.4. The van der Waals surface area contributed by atoms with Gasteiger partial charge in [0, 0.05) is 29.4 Å². The number of ketones is 1. The molecule has 0 heterocycles. The van der Waals surface area contributed by atoms with Crippen LogP contribution in [0.1, 0.15) is 54.6 Å². The molecular weight excluding hydrogens is 448 g/mol. The second-order valence-corrected chi connectivity index (χ2v) is 10.1. The van der Waals surface area contributed by atoms with E-state index in [0.717, 1.165) is 6.42 Å². The number of aliphatic hydroxyl groups excluding tert-OH is 2. The Balaban J connectivity index is 1.88. The summed E-state index contributed by atoms with van der Waals surface area (Å²) in [6, 6.07) is 2.33. The first-order valence-corrected chi connectivity index (χ1v) is 11.9. The number of primary amides is 1. The molecule has 0 aromatic heterocycles. The molecule has 4 rings (SSSR count). The lowest BCUT2D eigenvalue weighted by atomic mass is 9.59. The SMILES string of the molecule is CCC(C)C#Cc1ccc(O)c2c1CC1CC3C(N(C)C)C(O)=C(C(N)=O)CC3(O)C(O)=C1C2=O. The Hall–Kier alpha value is -3.28. The minimum Gasteiger partial charge on any atom is -0.510 e. The molecule has 186 valence electrons. The summed E-state index contributed by atoms with van der Waals surface area (Å²) in [5, 5.41) is 44.4. The molecule has 0 radical (unpaired) electrons. The molecule has 35 heavy (non-hydrogen) atoms. The maximum absolute atomic E-state index is 13.6. The van der Waals surface area contributed by atoms with Crippen LogP contribution in [0.25, 0.3) is 0 Å². The summed E-state index contributed by atoms with van der Waals surface area (Å²) in [6.45, 7) is 4.05. The van der Waals surface area contributed by atoms with Crippen molar-refractivity contribution < 1.29 is 30.0 Å². The Morgan fingerprint density at radius 3 is 2.57 bits per heavy atom. The zero-order valence-electron chi connectivity index (χ0n) is 20.4. The molecule has 0 bridgehead atoms. The summed E-state index contributed by atoms with van der Waals surface area (Å²) in [4.78, 5) is 27.3. The van der Waals surface area contributed by atoms with Gasteiger partial charge in [0.25, 0.3) is 0 Å². The van der Waals surface area contributed by atoms with Gasteiger partial charge < -0.3 is 26.2 Å². The maximum atomic E-state index is 13.6. The van der Waals surface area contributed by atoms with E-state index in [1.807, 2.05) is 13.8 Å². The quantitative estimate of drug-likeness (QED) is 0.418. The minimum absolute atomic E-state index is 0.0290. The highest BCUT2D eigenvalue weighted by Crippen LogP contribution is 2.53. The van der Waals surface area contributed by atoms with Gasteiger partial charge in [0.15, 0.2) is 5.78 Å². The molecular formula is C27H32N2O6.